The molecule has 1 atom stereocenters. The number of benzene rings is 2. The van der Waals surface area contributed by atoms with E-state index >= 15 is 0 Å². The topological polar surface area (TPSA) is 160 Å². The zero-order chi connectivity index (χ0) is 21.0. The lowest BCUT2D eigenvalue weighted by Gasteiger charge is -2.12. The average molecular weight is 401 g/mol. The summed E-state index contributed by atoms with van der Waals surface area (Å²) in [5.41, 5.74) is -0.322. The third-order valence-corrected chi connectivity index (χ3v) is 3.73. The molecule has 148 valence electrons. The first kappa shape index (κ1) is 19.4. The summed E-state index contributed by atoms with van der Waals surface area (Å²) in [4.78, 5) is 49.2. The fraction of sp³-hybridized carbons (Fsp3) is 0.118. The van der Waals surface area contributed by atoms with Gasteiger partial charge in [-0.25, -0.2) is 9.59 Å². The molecule has 0 saturated heterocycles. The number of nitrogens with zero attached hydrogens (tertiary/aromatic N) is 3. The van der Waals surface area contributed by atoms with Crippen LogP contribution < -0.4 is 0 Å². The van der Waals surface area contributed by atoms with Crippen molar-refractivity contribution in [3.63, 3.8) is 0 Å². The standard InChI is InChI=1S/C17H11N3O9/c21-16(10-1-5-12(6-2-10)19(23)24)28-14-9-27-18-15(14)29-17(22)11-3-7-13(8-4-11)20(25)26/h1-8,14H,9H2. The van der Waals surface area contributed by atoms with E-state index in [0.717, 1.165) is 24.3 Å². The van der Waals surface area contributed by atoms with E-state index in [0.29, 0.717) is 0 Å². The highest BCUT2D eigenvalue weighted by atomic mass is 16.7. The number of hydrogen-bond acceptors (Lipinski definition) is 10. The van der Waals surface area contributed by atoms with Crippen LogP contribution in [0.25, 0.3) is 0 Å². The SMILES string of the molecule is O=C(OC1=NOCC1OC(=O)c1ccc([N+](=O)[O-])cc1)c1ccc([N+](=O)[O-])cc1. The van der Waals surface area contributed by atoms with E-state index in [4.69, 9.17) is 14.3 Å². The second kappa shape index (κ2) is 8.12. The Hall–Kier alpha value is -4.35. The first-order chi connectivity index (χ1) is 13.8. The van der Waals surface area contributed by atoms with Crippen molar-refractivity contribution in [2.24, 2.45) is 5.16 Å². The Balaban J connectivity index is 1.63. The van der Waals surface area contributed by atoms with Gasteiger partial charge in [0.25, 0.3) is 17.3 Å². The normalized spacial score (nSPS) is 15.0. The van der Waals surface area contributed by atoms with Gasteiger partial charge in [-0.1, -0.05) is 0 Å². The van der Waals surface area contributed by atoms with Crippen molar-refractivity contribution in [3.8, 4) is 0 Å². The van der Waals surface area contributed by atoms with E-state index in [1.165, 1.54) is 24.3 Å². The molecule has 1 aliphatic rings. The van der Waals surface area contributed by atoms with Crippen molar-refractivity contribution < 1.29 is 33.7 Å². The van der Waals surface area contributed by atoms with Gasteiger partial charge in [0, 0.05) is 24.3 Å². The van der Waals surface area contributed by atoms with Crippen LogP contribution in [0.5, 0.6) is 0 Å². The van der Waals surface area contributed by atoms with Crippen LogP contribution >= 0.6 is 0 Å². The van der Waals surface area contributed by atoms with Crippen molar-refractivity contribution in [1.29, 1.82) is 0 Å². The molecule has 29 heavy (non-hydrogen) atoms. The summed E-state index contributed by atoms with van der Waals surface area (Å²) in [6.07, 6.45) is -1.11. The Morgan fingerprint density at radius 1 is 0.897 bits per heavy atom. The molecule has 0 radical (unpaired) electrons. The van der Waals surface area contributed by atoms with Crippen LogP contribution in [0.2, 0.25) is 0 Å². The maximum atomic E-state index is 12.2. The molecule has 0 aliphatic carbocycles. The van der Waals surface area contributed by atoms with E-state index in [1.54, 1.807) is 0 Å². The number of ether oxygens (including phenoxy) is 2. The Labute approximate surface area is 161 Å². The minimum atomic E-state index is -1.11. The van der Waals surface area contributed by atoms with Gasteiger partial charge in [0.15, 0.2) is 6.61 Å². The zero-order valence-corrected chi connectivity index (χ0v) is 14.4. The largest absolute Gasteiger partial charge is 0.445 e. The van der Waals surface area contributed by atoms with Gasteiger partial charge in [0.2, 0.25) is 6.10 Å². The molecule has 2 aromatic carbocycles. The van der Waals surface area contributed by atoms with Crippen molar-refractivity contribution in [1.82, 2.24) is 0 Å². The average Bonchev–Trinajstić information content (AvgIpc) is 3.14. The van der Waals surface area contributed by atoms with Crippen molar-refractivity contribution >= 4 is 29.2 Å². The van der Waals surface area contributed by atoms with Crippen LogP contribution in [0.3, 0.4) is 0 Å². The maximum Gasteiger partial charge on any atom is 0.344 e. The molecule has 1 heterocycles. The second-order valence-electron chi connectivity index (χ2n) is 5.62. The highest BCUT2D eigenvalue weighted by Crippen LogP contribution is 2.17. The van der Waals surface area contributed by atoms with Gasteiger partial charge in [0.05, 0.1) is 21.0 Å². The Bertz CT molecular complexity index is 1000. The lowest BCUT2D eigenvalue weighted by molar-refractivity contribution is -0.385. The summed E-state index contributed by atoms with van der Waals surface area (Å²) in [6.45, 7) is -0.193. The van der Waals surface area contributed by atoms with E-state index in [-0.39, 0.29) is 35.0 Å². The predicted octanol–water partition coefficient (Wildman–Crippen LogP) is 2.23. The van der Waals surface area contributed by atoms with Crippen LogP contribution in [0.1, 0.15) is 20.7 Å². The molecule has 0 spiro atoms. The molecule has 0 fully saturated rings. The molecule has 2 aromatic rings. The highest BCUT2D eigenvalue weighted by Gasteiger charge is 2.32. The van der Waals surface area contributed by atoms with Gasteiger partial charge in [0.1, 0.15) is 0 Å². The minimum absolute atomic E-state index is 0.0191. The van der Waals surface area contributed by atoms with Crippen molar-refractivity contribution in [2.45, 2.75) is 6.10 Å². The number of nitro groups is 2. The number of esters is 2. The van der Waals surface area contributed by atoms with Gasteiger partial charge in [-0.05, 0) is 29.4 Å². The third-order valence-electron chi connectivity index (χ3n) is 3.73. The number of non-ortho nitro benzene ring substituents is 2. The number of rotatable bonds is 5. The first-order valence-corrected chi connectivity index (χ1v) is 7.97. The molecule has 0 N–H and O–H groups in total. The van der Waals surface area contributed by atoms with Gasteiger partial charge in [-0.3, -0.25) is 20.2 Å². The summed E-state index contributed by atoms with van der Waals surface area (Å²) in [7, 11) is 0. The Morgan fingerprint density at radius 3 is 1.86 bits per heavy atom. The minimum Gasteiger partial charge on any atom is -0.445 e. The van der Waals surface area contributed by atoms with Crippen LogP contribution in [0.15, 0.2) is 53.7 Å². The number of nitro benzene ring substituents is 2. The van der Waals surface area contributed by atoms with Gasteiger partial charge in [-0.15, -0.1) is 0 Å². The molecule has 0 bridgehead atoms. The lowest BCUT2D eigenvalue weighted by atomic mass is 10.2. The molecular formula is C17H11N3O9. The number of oxime groups is 1. The molecular weight excluding hydrogens is 390 g/mol. The quantitative estimate of drug-likeness (QED) is 0.415. The summed E-state index contributed by atoms with van der Waals surface area (Å²) < 4.78 is 10.2. The summed E-state index contributed by atoms with van der Waals surface area (Å²) in [5.74, 6) is -2.00. The van der Waals surface area contributed by atoms with Crippen LogP contribution in [-0.4, -0.2) is 40.4 Å². The molecule has 12 heteroatoms. The second-order valence-corrected chi connectivity index (χ2v) is 5.62. The van der Waals surface area contributed by atoms with E-state index in [1.807, 2.05) is 0 Å². The number of carbonyl (C=O) groups is 2. The number of hydrogen-bond donors (Lipinski definition) is 0. The zero-order valence-electron chi connectivity index (χ0n) is 14.4. The fourth-order valence-corrected chi connectivity index (χ4v) is 2.26. The molecule has 0 aromatic heterocycles. The molecule has 0 saturated carbocycles. The predicted molar refractivity (Wildman–Crippen MR) is 94.2 cm³/mol. The third kappa shape index (κ3) is 4.50. The number of carbonyl (C=O) groups excluding carboxylic acids is 2. The Kier molecular flexibility index (Phi) is 5.44. The first-order valence-electron chi connectivity index (χ1n) is 7.97. The van der Waals surface area contributed by atoms with E-state index < -0.39 is 27.9 Å². The smallest absolute Gasteiger partial charge is 0.344 e. The fourth-order valence-electron chi connectivity index (χ4n) is 2.26. The summed E-state index contributed by atoms with van der Waals surface area (Å²) >= 11 is 0. The molecule has 3 rings (SSSR count). The highest BCUT2D eigenvalue weighted by molar-refractivity contribution is 6.01. The van der Waals surface area contributed by atoms with E-state index in [2.05, 4.69) is 5.16 Å². The molecule has 12 nitrogen and oxygen atoms in total. The van der Waals surface area contributed by atoms with Crippen molar-refractivity contribution in [3.05, 3.63) is 79.9 Å². The molecule has 1 aliphatic heterocycles. The lowest BCUT2D eigenvalue weighted by Crippen LogP contribution is -2.30. The van der Waals surface area contributed by atoms with Gasteiger partial charge in [-0.2, -0.15) is 0 Å². The van der Waals surface area contributed by atoms with Crippen molar-refractivity contribution in [2.75, 3.05) is 6.61 Å². The van der Waals surface area contributed by atoms with E-state index in [9.17, 15) is 29.8 Å². The van der Waals surface area contributed by atoms with Crippen LogP contribution in [0.4, 0.5) is 11.4 Å². The van der Waals surface area contributed by atoms with Gasteiger partial charge >= 0.3 is 11.9 Å². The van der Waals surface area contributed by atoms with Gasteiger partial charge < -0.3 is 14.3 Å². The van der Waals surface area contributed by atoms with Crippen LogP contribution in [-0.2, 0) is 14.3 Å². The maximum absolute atomic E-state index is 12.2. The summed E-state index contributed by atoms with van der Waals surface area (Å²) in [6, 6.07) is 9.40. The summed E-state index contributed by atoms with van der Waals surface area (Å²) in [5, 5.41) is 24.8. The Morgan fingerprint density at radius 2 is 1.38 bits per heavy atom. The van der Waals surface area contributed by atoms with Crippen LogP contribution in [0, 0.1) is 20.2 Å². The molecule has 0 amide bonds. The molecule has 1 unspecified atom stereocenters. The monoisotopic (exact) mass is 401 g/mol.